The lowest BCUT2D eigenvalue weighted by Gasteiger charge is -2.09. The standard InChI is InChI=1S/C23H20ClFN4O2/c1-14-3-5-17(15(2)11-14)20-13-21-23(31)28(9-10-29(21)27-20)8-7-26-22(30)18-6-4-16(25)12-19(18)24/h3-6,9-13H,7-8H2,1-2H3,(H,26,30). The Hall–Kier alpha value is -3.45. The van der Waals surface area contributed by atoms with Crippen LogP contribution in [0, 0.1) is 19.7 Å². The monoisotopic (exact) mass is 438 g/mol. The van der Waals surface area contributed by atoms with Crippen LogP contribution in [0.2, 0.25) is 5.02 Å². The Morgan fingerprint density at radius 3 is 2.68 bits per heavy atom. The topological polar surface area (TPSA) is 68.4 Å². The summed E-state index contributed by atoms with van der Waals surface area (Å²) in [5.41, 5.74) is 4.38. The molecule has 0 bridgehead atoms. The number of halogens is 2. The second-order valence-electron chi connectivity index (χ2n) is 7.35. The molecule has 0 aliphatic carbocycles. The van der Waals surface area contributed by atoms with Crippen molar-refractivity contribution < 1.29 is 9.18 Å². The van der Waals surface area contributed by atoms with Gasteiger partial charge in [0.2, 0.25) is 0 Å². The number of nitrogens with zero attached hydrogens (tertiary/aromatic N) is 3. The Morgan fingerprint density at radius 2 is 1.94 bits per heavy atom. The van der Waals surface area contributed by atoms with E-state index < -0.39 is 11.7 Å². The predicted octanol–water partition coefficient (Wildman–Crippen LogP) is 4.00. The highest BCUT2D eigenvalue weighted by Crippen LogP contribution is 2.23. The summed E-state index contributed by atoms with van der Waals surface area (Å²) in [6.45, 7) is 4.52. The van der Waals surface area contributed by atoms with E-state index in [1.165, 1.54) is 16.7 Å². The van der Waals surface area contributed by atoms with Crippen molar-refractivity contribution in [2.75, 3.05) is 6.54 Å². The number of aromatic nitrogens is 3. The third-order valence-corrected chi connectivity index (χ3v) is 5.39. The number of aryl methyl sites for hydroxylation is 2. The van der Waals surface area contributed by atoms with Gasteiger partial charge in [0.15, 0.2) is 0 Å². The SMILES string of the molecule is Cc1ccc(-c2cc3c(=O)n(CCNC(=O)c4ccc(F)cc4Cl)ccn3n2)c(C)c1. The van der Waals surface area contributed by atoms with Gasteiger partial charge in [-0.2, -0.15) is 5.10 Å². The van der Waals surface area contributed by atoms with Gasteiger partial charge in [-0.15, -0.1) is 0 Å². The first-order valence-corrected chi connectivity index (χ1v) is 10.1. The van der Waals surface area contributed by atoms with Crippen LogP contribution in [0.1, 0.15) is 21.5 Å². The molecule has 6 nitrogen and oxygen atoms in total. The highest BCUT2D eigenvalue weighted by molar-refractivity contribution is 6.33. The molecule has 2 aromatic heterocycles. The molecule has 4 aromatic rings. The van der Waals surface area contributed by atoms with Crippen LogP contribution in [0.15, 0.2) is 59.7 Å². The number of rotatable bonds is 5. The summed E-state index contributed by atoms with van der Waals surface area (Å²) in [5.74, 6) is -0.942. The molecule has 0 saturated carbocycles. The second-order valence-corrected chi connectivity index (χ2v) is 7.76. The van der Waals surface area contributed by atoms with E-state index in [2.05, 4.69) is 16.5 Å². The van der Waals surface area contributed by atoms with E-state index in [0.717, 1.165) is 28.5 Å². The fraction of sp³-hybridized carbons (Fsp3) is 0.174. The van der Waals surface area contributed by atoms with Gasteiger partial charge in [0.25, 0.3) is 11.5 Å². The summed E-state index contributed by atoms with van der Waals surface area (Å²) in [4.78, 5) is 25.1. The second kappa shape index (κ2) is 8.35. The molecule has 0 fully saturated rings. The molecule has 2 aromatic carbocycles. The molecule has 1 N–H and O–H groups in total. The summed E-state index contributed by atoms with van der Waals surface area (Å²) in [6, 6.07) is 11.4. The minimum atomic E-state index is -0.512. The van der Waals surface area contributed by atoms with Crippen molar-refractivity contribution in [3.63, 3.8) is 0 Å². The Kier molecular flexibility index (Phi) is 5.61. The minimum Gasteiger partial charge on any atom is -0.350 e. The van der Waals surface area contributed by atoms with Crippen LogP contribution in [-0.4, -0.2) is 26.6 Å². The molecule has 4 rings (SSSR count). The summed E-state index contributed by atoms with van der Waals surface area (Å²) >= 11 is 5.92. The van der Waals surface area contributed by atoms with Crippen LogP contribution < -0.4 is 10.9 Å². The zero-order chi connectivity index (χ0) is 22.1. The highest BCUT2D eigenvalue weighted by Gasteiger charge is 2.13. The molecule has 1 amide bonds. The van der Waals surface area contributed by atoms with Gasteiger partial charge in [0.05, 0.1) is 16.3 Å². The van der Waals surface area contributed by atoms with Crippen molar-refractivity contribution in [1.29, 1.82) is 0 Å². The van der Waals surface area contributed by atoms with Crippen molar-refractivity contribution in [1.82, 2.24) is 19.5 Å². The maximum atomic E-state index is 13.1. The average Bonchev–Trinajstić information content (AvgIpc) is 3.14. The largest absolute Gasteiger partial charge is 0.350 e. The van der Waals surface area contributed by atoms with Gasteiger partial charge >= 0.3 is 0 Å². The van der Waals surface area contributed by atoms with Crippen molar-refractivity contribution in [3.8, 4) is 11.3 Å². The third kappa shape index (κ3) is 4.22. The lowest BCUT2D eigenvalue weighted by Crippen LogP contribution is -2.31. The van der Waals surface area contributed by atoms with Crippen molar-refractivity contribution in [3.05, 3.63) is 92.7 Å². The normalized spacial score (nSPS) is 11.1. The minimum absolute atomic E-state index is 0.0364. The smallest absolute Gasteiger partial charge is 0.276 e. The number of carbonyl (C=O) groups excluding carboxylic acids is 1. The fourth-order valence-corrected chi connectivity index (χ4v) is 3.75. The van der Waals surface area contributed by atoms with Gasteiger partial charge in [-0.3, -0.25) is 9.59 Å². The lowest BCUT2D eigenvalue weighted by atomic mass is 10.0. The van der Waals surface area contributed by atoms with Crippen LogP contribution in [0.4, 0.5) is 4.39 Å². The van der Waals surface area contributed by atoms with E-state index >= 15 is 0 Å². The van der Waals surface area contributed by atoms with Crippen LogP contribution in [-0.2, 0) is 6.54 Å². The van der Waals surface area contributed by atoms with E-state index in [0.29, 0.717) is 5.52 Å². The Morgan fingerprint density at radius 1 is 1.13 bits per heavy atom. The summed E-state index contributed by atoms with van der Waals surface area (Å²) in [5, 5.41) is 7.26. The van der Waals surface area contributed by atoms with Crippen molar-refractivity contribution in [2.45, 2.75) is 20.4 Å². The van der Waals surface area contributed by atoms with E-state index in [4.69, 9.17) is 11.6 Å². The summed E-state index contributed by atoms with van der Waals surface area (Å²) < 4.78 is 16.2. The number of benzene rings is 2. The van der Waals surface area contributed by atoms with Crippen molar-refractivity contribution in [2.24, 2.45) is 0 Å². The number of carbonyl (C=O) groups is 1. The number of nitrogens with one attached hydrogen (secondary N) is 1. The number of amides is 1. The molecule has 0 spiro atoms. The Labute approximate surface area is 182 Å². The first-order valence-electron chi connectivity index (χ1n) is 9.73. The van der Waals surface area contributed by atoms with E-state index in [1.54, 1.807) is 23.0 Å². The van der Waals surface area contributed by atoms with Gasteiger partial charge in [-0.05, 0) is 43.7 Å². The van der Waals surface area contributed by atoms with Crippen LogP contribution >= 0.6 is 11.6 Å². The predicted molar refractivity (Wildman–Crippen MR) is 118 cm³/mol. The first kappa shape index (κ1) is 20.8. The van der Waals surface area contributed by atoms with Crippen LogP contribution in [0.3, 0.4) is 0 Å². The van der Waals surface area contributed by atoms with Gasteiger partial charge in [-0.1, -0.05) is 35.4 Å². The van der Waals surface area contributed by atoms with E-state index in [-0.39, 0.29) is 29.2 Å². The van der Waals surface area contributed by atoms with Gasteiger partial charge in [0, 0.05) is 31.0 Å². The molecular weight excluding hydrogens is 419 g/mol. The molecule has 2 heterocycles. The molecular formula is C23H20ClFN4O2. The zero-order valence-electron chi connectivity index (χ0n) is 17.0. The molecule has 0 radical (unpaired) electrons. The highest BCUT2D eigenvalue weighted by atomic mass is 35.5. The fourth-order valence-electron chi connectivity index (χ4n) is 3.49. The molecule has 0 aliphatic rings. The van der Waals surface area contributed by atoms with Crippen LogP contribution in [0.25, 0.3) is 16.8 Å². The van der Waals surface area contributed by atoms with Gasteiger partial charge in [0.1, 0.15) is 11.3 Å². The van der Waals surface area contributed by atoms with Gasteiger partial charge < -0.3 is 9.88 Å². The Bertz CT molecular complexity index is 1360. The van der Waals surface area contributed by atoms with Crippen molar-refractivity contribution >= 4 is 23.0 Å². The number of hydrogen-bond acceptors (Lipinski definition) is 3. The molecule has 0 saturated heterocycles. The third-order valence-electron chi connectivity index (χ3n) is 5.08. The van der Waals surface area contributed by atoms with Crippen LogP contribution in [0.5, 0.6) is 0 Å². The average molecular weight is 439 g/mol. The summed E-state index contributed by atoms with van der Waals surface area (Å²) in [7, 11) is 0. The molecule has 0 aliphatic heterocycles. The maximum absolute atomic E-state index is 13.1. The number of fused-ring (bicyclic) bond motifs is 1. The zero-order valence-corrected chi connectivity index (χ0v) is 17.8. The molecule has 0 unspecified atom stereocenters. The molecule has 158 valence electrons. The van der Waals surface area contributed by atoms with Gasteiger partial charge in [-0.25, -0.2) is 8.91 Å². The molecule has 31 heavy (non-hydrogen) atoms. The molecule has 8 heteroatoms. The first-order chi connectivity index (χ1) is 14.8. The maximum Gasteiger partial charge on any atom is 0.276 e. The summed E-state index contributed by atoms with van der Waals surface area (Å²) in [6.07, 6.45) is 3.34. The molecule has 0 atom stereocenters. The quantitative estimate of drug-likeness (QED) is 0.512. The van der Waals surface area contributed by atoms with E-state index in [9.17, 15) is 14.0 Å². The Balaban J connectivity index is 1.52. The number of hydrogen-bond donors (Lipinski definition) is 1. The van der Waals surface area contributed by atoms with E-state index in [1.807, 2.05) is 26.0 Å². The lowest BCUT2D eigenvalue weighted by molar-refractivity contribution is 0.0952.